The van der Waals surface area contributed by atoms with E-state index in [2.05, 4.69) is 9.82 Å². The second-order valence-electron chi connectivity index (χ2n) is 5.39. The molecule has 0 spiro atoms. The first-order valence-electron chi connectivity index (χ1n) is 6.64. The normalized spacial score (nSPS) is 22.0. The highest BCUT2D eigenvalue weighted by Gasteiger charge is 2.30. The van der Waals surface area contributed by atoms with Gasteiger partial charge in [0, 0.05) is 6.54 Å². The maximum atomic E-state index is 12.3. The molecule has 2 rings (SSSR count). The Labute approximate surface area is 122 Å². The largest absolute Gasteiger partial charge is 0.480 e. The fourth-order valence-corrected chi connectivity index (χ4v) is 4.04. The van der Waals surface area contributed by atoms with E-state index in [0.29, 0.717) is 18.5 Å². The van der Waals surface area contributed by atoms with Crippen LogP contribution in [0.3, 0.4) is 0 Å². The zero-order valence-electron chi connectivity index (χ0n) is 11.9. The van der Waals surface area contributed by atoms with Crippen LogP contribution in [-0.4, -0.2) is 47.0 Å². The molecule has 0 aromatic carbocycles. The Morgan fingerprint density at radius 1 is 1.43 bits per heavy atom. The number of carbonyl (C=O) groups is 1. The highest BCUT2D eigenvalue weighted by molar-refractivity contribution is 7.89. The number of aryl methyl sites for hydroxylation is 1. The van der Waals surface area contributed by atoms with Crippen molar-refractivity contribution in [3.63, 3.8) is 0 Å². The van der Waals surface area contributed by atoms with Crippen LogP contribution < -0.4 is 4.72 Å². The lowest BCUT2D eigenvalue weighted by Crippen LogP contribution is -2.38. The minimum Gasteiger partial charge on any atom is -0.480 e. The molecular formula is C12H19N3O5S. The van der Waals surface area contributed by atoms with E-state index < -0.39 is 16.0 Å². The number of carboxylic acid groups (broad SMARTS) is 1. The number of aromatic nitrogens is 2. The number of sulfonamides is 1. The van der Waals surface area contributed by atoms with Crippen molar-refractivity contribution in [2.24, 2.45) is 5.92 Å². The standard InChI is InChI=1S/C12H19N3O5S/c1-7-12(8(2)15(14-7)6-11(17)18)21(19,20)13-5-9-3-10(16)4-9/h9-10,13,16H,3-6H2,1-2H3,(H,17,18). The van der Waals surface area contributed by atoms with Crippen LogP contribution in [0.2, 0.25) is 0 Å². The third-order valence-corrected chi connectivity index (χ3v) is 5.32. The van der Waals surface area contributed by atoms with Crippen LogP contribution in [0.25, 0.3) is 0 Å². The highest BCUT2D eigenvalue weighted by Crippen LogP contribution is 2.27. The molecule has 1 aliphatic rings. The molecule has 1 saturated carbocycles. The smallest absolute Gasteiger partial charge is 0.325 e. The number of aliphatic carboxylic acids is 1. The molecule has 0 atom stereocenters. The summed E-state index contributed by atoms with van der Waals surface area (Å²) in [5, 5.41) is 21.9. The number of rotatable bonds is 6. The minimum absolute atomic E-state index is 0.0311. The SMILES string of the molecule is Cc1nn(CC(=O)O)c(C)c1S(=O)(=O)NCC1CC(O)C1. The second-order valence-corrected chi connectivity index (χ2v) is 7.10. The summed E-state index contributed by atoms with van der Waals surface area (Å²) in [7, 11) is -3.73. The van der Waals surface area contributed by atoms with Gasteiger partial charge in [0.2, 0.25) is 10.0 Å². The maximum absolute atomic E-state index is 12.3. The second kappa shape index (κ2) is 5.74. The van der Waals surface area contributed by atoms with Crippen molar-refractivity contribution in [1.29, 1.82) is 0 Å². The number of hydrogen-bond acceptors (Lipinski definition) is 5. The van der Waals surface area contributed by atoms with Crippen LogP contribution in [0.4, 0.5) is 0 Å². The molecule has 1 heterocycles. The van der Waals surface area contributed by atoms with Gasteiger partial charge in [-0.2, -0.15) is 5.10 Å². The van der Waals surface area contributed by atoms with Crippen LogP contribution in [-0.2, 0) is 21.4 Å². The molecule has 0 aliphatic heterocycles. The summed E-state index contributed by atoms with van der Waals surface area (Å²) in [5.74, 6) is -0.939. The van der Waals surface area contributed by atoms with Gasteiger partial charge in [0.25, 0.3) is 0 Å². The van der Waals surface area contributed by atoms with Crippen molar-refractivity contribution < 1.29 is 23.4 Å². The Morgan fingerprint density at radius 2 is 2.05 bits per heavy atom. The summed E-state index contributed by atoms with van der Waals surface area (Å²) >= 11 is 0. The van der Waals surface area contributed by atoms with Crippen molar-refractivity contribution in [3.8, 4) is 0 Å². The summed E-state index contributed by atoms with van der Waals surface area (Å²) in [6, 6.07) is 0. The molecule has 0 amide bonds. The Kier molecular flexibility index (Phi) is 4.35. The van der Waals surface area contributed by atoms with Gasteiger partial charge in [-0.05, 0) is 32.6 Å². The molecule has 21 heavy (non-hydrogen) atoms. The van der Waals surface area contributed by atoms with Crippen LogP contribution >= 0.6 is 0 Å². The van der Waals surface area contributed by atoms with Gasteiger partial charge in [0.15, 0.2) is 0 Å². The third-order valence-electron chi connectivity index (χ3n) is 3.64. The van der Waals surface area contributed by atoms with E-state index in [-0.39, 0.29) is 35.7 Å². The van der Waals surface area contributed by atoms with E-state index in [1.807, 2.05) is 0 Å². The lowest BCUT2D eigenvalue weighted by atomic mass is 9.83. The molecule has 1 aliphatic carbocycles. The average Bonchev–Trinajstić information content (AvgIpc) is 2.58. The van der Waals surface area contributed by atoms with Gasteiger partial charge in [0.05, 0.1) is 17.5 Å². The molecule has 8 nitrogen and oxygen atoms in total. The number of nitrogens with zero attached hydrogens (tertiary/aromatic N) is 2. The monoisotopic (exact) mass is 317 g/mol. The molecule has 0 radical (unpaired) electrons. The topological polar surface area (TPSA) is 122 Å². The van der Waals surface area contributed by atoms with E-state index in [0.717, 1.165) is 0 Å². The molecule has 3 N–H and O–H groups in total. The summed E-state index contributed by atoms with van der Waals surface area (Å²) < 4.78 is 28.3. The number of aliphatic hydroxyl groups excluding tert-OH is 1. The van der Waals surface area contributed by atoms with Crippen molar-refractivity contribution in [3.05, 3.63) is 11.4 Å². The molecular weight excluding hydrogens is 298 g/mol. The minimum atomic E-state index is -3.73. The molecule has 9 heteroatoms. The van der Waals surface area contributed by atoms with E-state index >= 15 is 0 Å². The predicted molar refractivity (Wildman–Crippen MR) is 73.3 cm³/mol. The van der Waals surface area contributed by atoms with E-state index in [1.54, 1.807) is 0 Å². The number of hydrogen-bond donors (Lipinski definition) is 3. The zero-order chi connectivity index (χ0) is 15.8. The van der Waals surface area contributed by atoms with Crippen molar-refractivity contribution in [1.82, 2.24) is 14.5 Å². The highest BCUT2D eigenvalue weighted by atomic mass is 32.2. The molecule has 1 fully saturated rings. The number of nitrogens with one attached hydrogen (secondary N) is 1. The third kappa shape index (κ3) is 3.42. The first kappa shape index (κ1) is 15.9. The molecule has 0 unspecified atom stereocenters. The van der Waals surface area contributed by atoms with Gasteiger partial charge >= 0.3 is 5.97 Å². The molecule has 118 valence electrons. The van der Waals surface area contributed by atoms with Gasteiger partial charge in [-0.3, -0.25) is 9.48 Å². The summed E-state index contributed by atoms with van der Waals surface area (Å²) in [4.78, 5) is 10.8. The quantitative estimate of drug-likeness (QED) is 0.658. The lowest BCUT2D eigenvalue weighted by molar-refractivity contribution is -0.137. The lowest BCUT2D eigenvalue weighted by Gasteiger charge is -2.31. The van der Waals surface area contributed by atoms with Gasteiger partial charge in [-0.1, -0.05) is 0 Å². The van der Waals surface area contributed by atoms with Gasteiger partial charge < -0.3 is 10.2 Å². The average molecular weight is 317 g/mol. The summed E-state index contributed by atoms with van der Waals surface area (Å²) in [6.07, 6.45) is 0.860. The molecule has 1 aromatic heterocycles. The van der Waals surface area contributed by atoms with Crippen LogP contribution in [0.15, 0.2) is 4.90 Å². The van der Waals surface area contributed by atoms with Crippen molar-refractivity contribution >= 4 is 16.0 Å². The Morgan fingerprint density at radius 3 is 2.57 bits per heavy atom. The fraction of sp³-hybridized carbons (Fsp3) is 0.667. The summed E-state index contributed by atoms with van der Waals surface area (Å²) in [5.41, 5.74) is 0.575. The number of carboxylic acids is 1. The maximum Gasteiger partial charge on any atom is 0.325 e. The first-order chi connectivity index (χ1) is 9.70. The van der Waals surface area contributed by atoms with Crippen LogP contribution in [0, 0.1) is 19.8 Å². The van der Waals surface area contributed by atoms with Crippen LogP contribution in [0.1, 0.15) is 24.2 Å². The molecule has 0 saturated heterocycles. The number of aliphatic hydroxyl groups is 1. The van der Waals surface area contributed by atoms with Gasteiger partial charge in [-0.25, -0.2) is 13.1 Å². The molecule has 0 bridgehead atoms. The van der Waals surface area contributed by atoms with Crippen LogP contribution in [0.5, 0.6) is 0 Å². The van der Waals surface area contributed by atoms with E-state index in [9.17, 15) is 18.3 Å². The van der Waals surface area contributed by atoms with E-state index in [1.165, 1.54) is 18.5 Å². The predicted octanol–water partition coefficient (Wildman–Crippen LogP) is -0.366. The Hall–Kier alpha value is -1.45. The fourth-order valence-electron chi connectivity index (χ4n) is 2.52. The zero-order valence-corrected chi connectivity index (χ0v) is 12.7. The first-order valence-corrected chi connectivity index (χ1v) is 8.12. The Balaban J connectivity index is 2.15. The summed E-state index contributed by atoms with van der Waals surface area (Å²) in [6.45, 7) is 2.96. The van der Waals surface area contributed by atoms with Crippen molar-refractivity contribution in [2.75, 3.05) is 6.54 Å². The van der Waals surface area contributed by atoms with E-state index in [4.69, 9.17) is 5.11 Å². The van der Waals surface area contributed by atoms with Gasteiger partial charge in [-0.15, -0.1) is 0 Å². The van der Waals surface area contributed by atoms with Crippen molar-refractivity contribution in [2.45, 2.75) is 44.2 Å². The Bertz CT molecular complexity index is 646. The molecule has 1 aromatic rings. The van der Waals surface area contributed by atoms with Gasteiger partial charge in [0.1, 0.15) is 11.4 Å².